The minimum absolute atomic E-state index is 0.213. The Morgan fingerprint density at radius 1 is 1.33 bits per heavy atom. The molecule has 0 fully saturated rings. The Morgan fingerprint density at radius 3 is 2.73 bits per heavy atom. The Morgan fingerprint density at radius 2 is 2.07 bits per heavy atom. The van der Waals surface area contributed by atoms with Crippen LogP contribution in [0.15, 0.2) is 24.3 Å². The van der Waals surface area contributed by atoms with Crippen LogP contribution in [0.5, 0.6) is 5.75 Å². The second-order valence-corrected chi connectivity index (χ2v) is 3.23. The lowest BCUT2D eigenvalue weighted by molar-refractivity contribution is 0.0323. The molecular weight excluding hydrogens is 194 g/mol. The maximum atomic E-state index is 9.39. The smallest absolute Gasteiger partial charge is 0.123 e. The lowest BCUT2D eigenvalue weighted by Gasteiger charge is -2.13. The van der Waals surface area contributed by atoms with Crippen LogP contribution in [0, 0.1) is 0 Å². The second kappa shape index (κ2) is 6.40. The molecule has 15 heavy (non-hydrogen) atoms. The van der Waals surface area contributed by atoms with Gasteiger partial charge in [0.25, 0.3) is 0 Å². The van der Waals surface area contributed by atoms with Crippen LogP contribution in [-0.4, -0.2) is 31.5 Å². The number of hydrogen-bond acceptors (Lipinski definition) is 4. The molecule has 0 aliphatic carbocycles. The largest absolute Gasteiger partial charge is 0.490 e. The Labute approximate surface area is 89.6 Å². The number of benzene rings is 1. The molecule has 4 heteroatoms. The zero-order valence-electron chi connectivity index (χ0n) is 8.85. The van der Waals surface area contributed by atoms with E-state index in [0.29, 0.717) is 6.54 Å². The lowest BCUT2D eigenvalue weighted by atomic mass is 10.2. The van der Waals surface area contributed by atoms with E-state index < -0.39 is 6.10 Å². The van der Waals surface area contributed by atoms with Crippen molar-refractivity contribution in [1.29, 1.82) is 0 Å². The molecule has 0 saturated heterocycles. The molecule has 0 amide bonds. The topological polar surface area (TPSA) is 64.7 Å². The SMILES string of the molecule is COCC(O)COc1ccccc1CN. The van der Waals surface area contributed by atoms with E-state index in [4.69, 9.17) is 15.2 Å². The third kappa shape index (κ3) is 3.87. The molecule has 0 radical (unpaired) electrons. The molecule has 3 N–H and O–H groups in total. The van der Waals surface area contributed by atoms with Crippen LogP contribution in [0.4, 0.5) is 0 Å². The quantitative estimate of drug-likeness (QED) is 0.720. The summed E-state index contributed by atoms with van der Waals surface area (Å²) in [6.45, 7) is 0.909. The molecule has 1 aromatic carbocycles. The fourth-order valence-corrected chi connectivity index (χ4v) is 1.24. The van der Waals surface area contributed by atoms with Gasteiger partial charge in [-0.05, 0) is 6.07 Å². The fraction of sp³-hybridized carbons (Fsp3) is 0.455. The number of rotatable bonds is 6. The highest BCUT2D eigenvalue weighted by molar-refractivity contribution is 5.32. The monoisotopic (exact) mass is 211 g/mol. The Balaban J connectivity index is 2.49. The van der Waals surface area contributed by atoms with E-state index >= 15 is 0 Å². The number of nitrogens with two attached hydrogens (primary N) is 1. The molecule has 0 aromatic heterocycles. The van der Waals surface area contributed by atoms with Crippen molar-refractivity contribution in [3.8, 4) is 5.75 Å². The summed E-state index contributed by atoms with van der Waals surface area (Å²) in [5.74, 6) is 0.718. The van der Waals surface area contributed by atoms with Gasteiger partial charge in [-0.1, -0.05) is 18.2 Å². The summed E-state index contributed by atoms with van der Waals surface area (Å²) in [6, 6.07) is 7.51. The first-order valence-corrected chi connectivity index (χ1v) is 4.85. The van der Waals surface area contributed by atoms with Gasteiger partial charge < -0.3 is 20.3 Å². The maximum Gasteiger partial charge on any atom is 0.123 e. The van der Waals surface area contributed by atoms with Gasteiger partial charge in [-0.15, -0.1) is 0 Å². The molecular formula is C11H17NO3. The molecule has 0 heterocycles. The minimum atomic E-state index is -0.610. The molecule has 0 bridgehead atoms. The van der Waals surface area contributed by atoms with Crippen LogP contribution in [0.3, 0.4) is 0 Å². The van der Waals surface area contributed by atoms with Gasteiger partial charge in [0.05, 0.1) is 6.61 Å². The van der Waals surface area contributed by atoms with E-state index in [1.807, 2.05) is 24.3 Å². The molecule has 0 saturated carbocycles. The van der Waals surface area contributed by atoms with Crippen LogP contribution < -0.4 is 10.5 Å². The van der Waals surface area contributed by atoms with Crippen molar-refractivity contribution < 1.29 is 14.6 Å². The van der Waals surface area contributed by atoms with Gasteiger partial charge in [0.1, 0.15) is 18.5 Å². The van der Waals surface area contributed by atoms with Gasteiger partial charge in [-0.2, -0.15) is 0 Å². The summed E-state index contributed by atoms with van der Waals surface area (Å²) >= 11 is 0. The number of aliphatic hydroxyl groups is 1. The lowest BCUT2D eigenvalue weighted by Crippen LogP contribution is -2.23. The molecule has 1 unspecified atom stereocenters. The summed E-state index contributed by atoms with van der Waals surface area (Å²) in [5, 5.41) is 9.39. The van der Waals surface area contributed by atoms with Crippen molar-refractivity contribution in [2.75, 3.05) is 20.3 Å². The number of hydrogen-bond donors (Lipinski definition) is 2. The predicted octanol–water partition coefficient (Wildman–Crippen LogP) is 0.531. The normalized spacial score (nSPS) is 12.5. The van der Waals surface area contributed by atoms with E-state index in [9.17, 15) is 5.11 Å². The molecule has 0 aliphatic heterocycles. The second-order valence-electron chi connectivity index (χ2n) is 3.23. The third-order valence-electron chi connectivity index (χ3n) is 1.98. The molecule has 84 valence electrons. The van der Waals surface area contributed by atoms with Crippen molar-refractivity contribution in [2.45, 2.75) is 12.6 Å². The first-order valence-electron chi connectivity index (χ1n) is 4.85. The average molecular weight is 211 g/mol. The van der Waals surface area contributed by atoms with E-state index in [1.165, 1.54) is 7.11 Å². The Hall–Kier alpha value is -1.10. The van der Waals surface area contributed by atoms with Crippen molar-refractivity contribution in [1.82, 2.24) is 0 Å². The van der Waals surface area contributed by atoms with Crippen molar-refractivity contribution in [3.05, 3.63) is 29.8 Å². The number of ether oxygens (including phenoxy) is 2. The van der Waals surface area contributed by atoms with Crippen molar-refractivity contribution in [2.24, 2.45) is 5.73 Å². The van der Waals surface area contributed by atoms with Crippen molar-refractivity contribution >= 4 is 0 Å². The average Bonchev–Trinajstić information content (AvgIpc) is 2.27. The van der Waals surface area contributed by atoms with Gasteiger partial charge in [0.15, 0.2) is 0 Å². The van der Waals surface area contributed by atoms with E-state index in [2.05, 4.69) is 0 Å². The summed E-state index contributed by atoms with van der Waals surface area (Å²) in [6.07, 6.45) is -0.610. The highest BCUT2D eigenvalue weighted by Crippen LogP contribution is 2.17. The van der Waals surface area contributed by atoms with Crippen LogP contribution in [-0.2, 0) is 11.3 Å². The third-order valence-corrected chi connectivity index (χ3v) is 1.98. The molecule has 1 aromatic rings. The molecule has 1 rings (SSSR count). The summed E-state index contributed by atoms with van der Waals surface area (Å²) in [5.41, 5.74) is 6.48. The zero-order chi connectivity index (χ0) is 11.1. The molecule has 1 atom stereocenters. The number of para-hydroxylation sites is 1. The maximum absolute atomic E-state index is 9.39. The molecule has 0 spiro atoms. The summed E-state index contributed by atoms with van der Waals surface area (Å²) in [7, 11) is 1.54. The van der Waals surface area contributed by atoms with Gasteiger partial charge in [0.2, 0.25) is 0 Å². The highest BCUT2D eigenvalue weighted by Gasteiger charge is 2.06. The van der Waals surface area contributed by atoms with Gasteiger partial charge in [0, 0.05) is 19.2 Å². The first kappa shape index (κ1) is 12.0. The predicted molar refractivity (Wildman–Crippen MR) is 57.7 cm³/mol. The van der Waals surface area contributed by atoms with Crippen LogP contribution >= 0.6 is 0 Å². The first-order chi connectivity index (χ1) is 7.27. The van der Waals surface area contributed by atoms with Crippen molar-refractivity contribution in [3.63, 3.8) is 0 Å². The van der Waals surface area contributed by atoms with Crippen LogP contribution in [0.2, 0.25) is 0 Å². The van der Waals surface area contributed by atoms with Crippen LogP contribution in [0.1, 0.15) is 5.56 Å². The fourth-order valence-electron chi connectivity index (χ4n) is 1.24. The van der Waals surface area contributed by atoms with Gasteiger partial charge in [-0.3, -0.25) is 0 Å². The zero-order valence-corrected chi connectivity index (χ0v) is 8.85. The van der Waals surface area contributed by atoms with E-state index in [-0.39, 0.29) is 13.2 Å². The van der Waals surface area contributed by atoms with Gasteiger partial charge in [-0.25, -0.2) is 0 Å². The highest BCUT2D eigenvalue weighted by atomic mass is 16.5. The molecule has 4 nitrogen and oxygen atoms in total. The number of methoxy groups -OCH3 is 1. The van der Waals surface area contributed by atoms with E-state index in [1.54, 1.807) is 0 Å². The standard InChI is InChI=1S/C11H17NO3/c1-14-7-10(13)8-15-11-5-3-2-4-9(11)6-12/h2-5,10,13H,6-8,12H2,1H3. The van der Waals surface area contributed by atoms with Gasteiger partial charge >= 0.3 is 0 Å². The summed E-state index contributed by atoms with van der Waals surface area (Å²) < 4.78 is 10.2. The van der Waals surface area contributed by atoms with E-state index in [0.717, 1.165) is 11.3 Å². The Kier molecular flexibility index (Phi) is 5.10. The number of aliphatic hydroxyl groups excluding tert-OH is 1. The van der Waals surface area contributed by atoms with Crippen LogP contribution in [0.25, 0.3) is 0 Å². The minimum Gasteiger partial charge on any atom is -0.490 e. The Bertz CT molecular complexity index is 291. The summed E-state index contributed by atoms with van der Waals surface area (Å²) in [4.78, 5) is 0. The molecule has 0 aliphatic rings.